The average Bonchev–Trinajstić information content (AvgIpc) is 3.15. The van der Waals surface area contributed by atoms with E-state index in [1.807, 2.05) is 48.7 Å². The fourth-order valence-corrected chi connectivity index (χ4v) is 2.92. The van der Waals surface area contributed by atoms with Crippen LogP contribution < -0.4 is 5.32 Å². The first-order chi connectivity index (χ1) is 11.1. The van der Waals surface area contributed by atoms with Crippen LogP contribution in [-0.2, 0) is 4.79 Å². The van der Waals surface area contributed by atoms with Gasteiger partial charge in [0.15, 0.2) is 5.13 Å². The molecule has 4 nitrogen and oxygen atoms in total. The van der Waals surface area contributed by atoms with Crippen LogP contribution in [-0.4, -0.2) is 10.9 Å². The molecule has 23 heavy (non-hydrogen) atoms. The molecule has 1 amide bonds. The van der Waals surface area contributed by atoms with Crippen LogP contribution in [0.25, 0.3) is 17.3 Å². The molecule has 2 aromatic heterocycles. The van der Waals surface area contributed by atoms with Crippen molar-refractivity contribution in [1.82, 2.24) is 4.98 Å². The third-order valence-corrected chi connectivity index (χ3v) is 4.32. The SMILES string of the molecule is Cc1ccc(/C=C/C(=O)Nc2nc(-c3ccc(Br)cc3)cs2)o1. The molecule has 2 heterocycles. The van der Waals surface area contributed by atoms with Crippen LogP contribution in [0.1, 0.15) is 11.5 Å². The maximum Gasteiger partial charge on any atom is 0.250 e. The molecule has 0 aliphatic rings. The van der Waals surface area contributed by atoms with Crippen molar-refractivity contribution in [3.8, 4) is 11.3 Å². The van der Waals surface area contributed by atoms with Gasteiger partial charge >= 0.3 is 0 Å². The first-order valence-corrected chi connectivity index (χ1v) is 8.54. The van der Waals surface area contributed by atoms with Gasteiger partial charge in [-0.15, -0.1) is 11.3 Å². The number of nitrogens with one attached hydrogen (secondary N) is 1. The molecule has 0 fully saturated rings. The molecule has 3 rings (SSSR count). The van der Waals surface area contributed by atoms with Crippen molar-refractivity contribution >= 4 is 44.4 Å². The van der Waals surface area contributed by atoms with Gasteiger partial charge in [0.2, 0.25) is 5.91 Å². The Morgan fingerprint density at radius 1 is 1.26 bits per heavy atom. The minimum absolute atomic E-state index is 0.240. The second-order valence-electron chi connectivity index (χ2n) is 4.82. The fraction of sp³-hybridized carbons (Fsp3) is 0.0588. The quantitative estimate of drug-likeness (QED) is 0.630. The lowest BCUT2D eigenvalue weighted by atomic mass is 10.2. The minimum Gasteiger partial charge on any atom is -0.462 e. The number of amides is 1. The standard InChI is InChI=1S/C17H13BrN2O2S/c1-11-2-7-14(22-11)8-9-16(21)20-17-19-15(10-23-17)12-3-5-13(18)6-4-12/h2-10H,1H3,(H,19,20,21)/b9-8+. The Balaban J connectivity index is 1.65. The Bertz CT molecular complexity index is 850. The number of carbonyl (C=O) groups excluding carboxylic acids is 1. The van der Waals surface area contributed by atoms with Crippen LogP contribution in [0.3, 0.4) is 0 Å². The van der Waals surface area contributed by atoms with Crippen molar-refractivity contribution in [2.75, 3.05) is 5.32 Å². The molecule has 0 spiro atoms. The number of halogens is 1. The number of rotatable bonds is 4. The number of aryl methyl sites for hydroxylation is 1. The van der Waals surface area contributed by atoms with E-state index in [1.54, 1.807) is 6.08 Å². The molecule has 0 saturated heterocycles. The minimum atomic E-state index is -0.240. The van der Waals surface area contributed by atoms with Crippen LogP contribution in [0.2, 0.25) is 0 Å². The number of nitrogens with zero attached hydrogens (tertiary/aromatic N) is 1. The highest BCUT2D eigenvalue weighted by molar-refractivity contribution is 9.10. The monoisotopic (exact) mass is 388 g/mol. The third-order valence-electron chi connectivity index (χ3n) is 3.03. The highest BCUT2D eigenvalue weighted by Gasteiger charge is 2.06. The lowest BCUT2D eigenvalue weighted by Crippen LogP contribution is -2.07. The van der Waals surface area contributed by atoms with E-state index in [2.05, 4.69) is 26.2 Å². The number of carbonyl (C=O) groups is 1. The molecule has 1 aromatic carbocycles. The van der Waals surface area contributed by atoms with Gasteiger partial charge in [-0.1, -0.05) is 28.1 Å². The zero-order chi connectivity index (χ0) is 16.2. The zero-order valence-electron chi connectivity index (χ0n) is 12.2. The molecule has 0 aliphatic heterocycles. The molecule has 6 heteroatoms. The number of furan rings is 1. The van der Waals surface area contributed by atoms with E-state index in [0.717, 1.165) is 21.5 Å². The van der Waals surface area contributed by atoms with Crippen molar-refractivity contribution < 1.29 is 9.21 Å². The van der Waals surface area contributed by atoms with E-state index in [1.165, 1.54) is 17.4 Å². The molecule has 0 radical (unpaired) electrons. The lowest BCUT2D eigenvalue weighted by molar-refractivity contribution is -0.111. The summed E-state index contributed by atoms with van der Waals surface area (Å²) < 4.78 is 6.39. The molecule has 0 atom stereocenters. The zero-order valence-corrected chi connectivity index (χ0v) is 14.6. The summed E-state index contributed by atoms with van der Waals surface area (Å²) in [6.45, 7) is 1.86. The topological polar surface area (TPSA) is 55.1 Å². The molecular weight excluding hydrogens is 376 g/mol. The molecule has 116 valence electrons. The van der Waals surface area contributed by atoms with Crippen LogP contribution in [0, 0.1) is 6.92 Å². The summed E-state index contributed by atoms with van der Waals surface area (Å²) in [7, 11) is 0. The first-order valence-electron chi connectivity index (χ1n) is 6.87. The second kappa shape index (κ2) is 6.93. The van der Waals surface area contributed by atoms with Gasteiger partial charge in [0.25, 0.3) is 0 Å². The van der Waals surface area contributed by atoms with Crippen LogP contribution in [0.4, 0.5) is 5.13 Å². The maximum atomic E-state index is 11.9. The van der Waals surface area contributed by atoms with Gasteiger partial charge < -0.3 is 4.42 Å². The Kier molecular flexibility index (Phi) is 4.73. The summed E-state index contributed by atoms with van der Waals surface area (Å²) in [4.78, 5) is 16.3. The van der Waals surface area contributed by atoms with E-state index in [-0.39, 0.29) is 5.91 Å². The number of anilines is 1. The lowest BCUT2D eigenvalue weighted by Gasteiger charge is -1.97. The summed E-state index contributed by atoms with van der Waals surface area (Å²) in [6.07, 6.45) is 3.06. The maximum absolute atomic E-state index is 11.9. The Hall–Kier alpha value is -2.18. The first kappa shape index (κ1) is 15.7. The predicted octanol–water partition coefficient (Wildman–Crippen LogP) is 5.13. The smallest absolute Gasteiger partial charge is 0.250 e. The van der Waals surface area contributed by atoms with E-state index < -0.39 is 0 Å². The Morgan fingerprint density at radius 3 is 2.74 bits per heavy atom. The van der Waals surface area contributed by atoms with Gasteiger partial charge in [-0.25, -0.2) is 4.98 Å². The molecule has 1 N–H and O–H groups in total. The van der Waals surface area contributed by atoms with Gasteiger partial charge in [0, 0.05) is 21.5 Å². The Morgan fingerprint density at radius 2 is 2.04 bits per heavy atom. The molecule has 0 unspecified atom stereocenters. The van der Waals surface area contributed by atoms with Gasteiger partial charge in [-0.2, -0.15) is 0 Å². The molecule has 0 saturated carbocycles. The summed E-state index contributed by atoms with van der Waals surface area (Å²) in [5.74, 6) is 1.22. The fourth-order valence-electron chi connectivity index (χ4n) is 1.93. The van der Waals surface area contributed by atoms with Crippen LogP contribution in [0.15, 0.2) is 56.7 Å². The van der Waals surface area contributed by atoms with Gasteiger partial charge in [0.05, 0.1) is 5.69 Å². The molecule has 0 aliphatic carbocycles. The predicted molar refractivity (Wildman–Crippen MR) is 96.4 cm³/mol. The Labute approximate surface area is 146 Å². The largest absolute Gasteiger partial charge is 0.462 e. The number of aromatic nitrogens is 1. The van der Waals surface area contributed by atoms with Crippen molar-refractivity contribution in [3.05, 3.63) is 63.8 Å². The summed E-state index contributed by atoms with van der Waals surface area (Å²) in [5.41, 5.74) is 1.84. The second-order valence-corrected chi connectivity index (χ2v) is 6.59. The highest BCUT2D eigenvalue weighted by Crippen LogP contribution is 2.26. The number of thiazole rings is 1. The number of benzene rings is 1. The van der Waals surface area contributed by atoms with E-state index in [0.29, 0.717) is 10.9 Å². The van der Waals surface area contributed by atoms with Crippen LogP contribution >= 0.6 is 27.3 Å². The summed E-state index contributed by atoms with van der Waals surface area (Å²) >= 11 is 4.79. The number of hydrogen-bond acceptors (Lipinski definition) is 4. The summed E-state index contributed by atoms with van der Waals surface area (Å²) in [6, 6.07) is 11.5. The van der Waals surface area contributed by atoms with Crippen molar-refractivity contribution in [3.63, 3.8) is 0 Å². The van der Waals surface area contributed by atoms with Crippen molar-refractivity contribution in [2.45, 2.75) is 6.92 Å². The van der Waals surface area contributed by atoms with E-state index in [9.17, 15) is 4.79 Å². The average molecular weight is 389 g/mol. The summed E-state index contributed by atoms with van der Waals surface area (Å²) in [5, 5.41) is 5.23. The molecular formula is C17H13BrN2O2S. The van der Waals surface area contributed by atoms with Gasteiger partial charge in [-0.05, 0) is 37.3 Å². The molecule has 0 bridgehead atoms. The normalized spacial score (nSPS) is 11.0. The van der Waals surface area contributed by atoms with Gasteiger partial charge in [0.1, 0.15) is 11.5 Å². The van der Waals surface area contributed by atoms with E-state index in [4.69, 9.17) is 4.42 Å². The third kappa shape index (κ3) is 4.18. The molecule has 3 aromatic rings. The van der Waals surface area contributed by atoms with Gasteiger partial charge in [-0.3, -0.25) is 10.1 Å². The van der Waals surface area contributed by atoms with Crippen molar-refractivity contribution in [1.29, 1.82) is 0 Å². The van der Waals surface area contributed by atoms with E-state index >= 15 is 0 Å². The highest BCUT2D eigenvalue weighted by atomic mass is 79.9. The van der Waals surface area contributed by atoms with Crippen LogP contribution in [0.5, 0.6) is 0 Å². The van der Waals surface area contributed by atoms with Crippen molar-refractivity contribution in [2.24, 2.45) is 0 Å². The number of hydrogen-bond donors (Lipinski definition) is 1.